The van der Waals surface area contributed by atoms with Crippen molar-refractivity contribution in [1.82, 2.24) is 15.0 Å². The van der Waals surface area contributed by atoms with Crippen LogP contribution >= 0.6 is 0 Å². The van der Waals surface area contributed by atoms with Crippen LogP contribution in [0.5, 0.6) is 5.75 Å². The molecule has 0 spiro atoms. The van der Waals surface area contributed by atoms with Crippen molar-refractivity contribution < 1.29 is 18.8 Å². The maximum absolute atomic E-state index is 12.8. The molecule has 126 valence electrons. The molecule has 4 rings (SSSR count). The van der Waals surface area contributed by atoms with Crippen LogP contribution in [0.25, 0.3) is 0 Å². The highest BCUT2D eigenvalue weighted by molar-refractivity contribution is 5.83. The lowest BCUT2D eigenvalue weighted by Crippen LogP contribution is -2.43. The Morgan fingerprint density at radius 1 is 1.33 bits per heavy atom. The maximum Gasteiger partial charge on any atom is 0.226 e. The third kappa shape index (κ3) is 2.87. The molecule has 2 aromatic rings. The molecule has 1 aliphatic carbocycles. The summed E-state index contributed by atoms with van der Waals surface area (Å²) in [6.07, 6.45) is 1.87. The predicted molar refractivity (Wildman–Crippen MR) is 83.4 cm³/mol. The zero-order chi connectivity index (χ0) is 16.5. The van der Waals surface area contributed by atoms with Crippen LogP contribution in [0.3, 0.4) is 0 Å². The molecule has 7 nitrogen and oxygen atoms in total. The summed E-state index contributed by atoms with van der Waals surface area (Å²) in [4.78, 5) is 18.6. The summed E-state index contributed by atoms with van der Waals surface area (Å²) >= 11 is 0. The van der Waals surface area contributed by atoms with Crippen molar-refractivity contribution in [1.29, 1.82) is 0 Å². The fraction of sp³-hybridized carbons (Fsp3) is 0.471. The minimum absolute atomic E-state index is 0.0578. The summed E-state index contributed by atoms with van der Waals surface area (Å²) in [6, 6.07) is 7.96. The molecule has 2 heterocycles. The summed E-state index contributed by atoms with van der Waals surface area (Å²) in [6.45, 7) is 1.58. The van der Waals surface area contributed by atoms with E-state index >= 15 is 0 Å². The molecule has 1 aliphatic heterocycles. The number of methoxy groups -OCH3 is 1. The minimum atomic E-state index is -0.306. The lowest BCUT2D eigenvalue weighted by molar-refractivity contribution is -0.140. The number of amides is 1. The van der Waals surface area contributed by atoms with Crippen molar-refractivity contribution >= 4 is 5.91 Å². The van der Waals surface area contributed by atoms with Crippen LogP contribution in [0.1, 0.15) is 29.8 Å². The molecular formula is C17H19N3O4. The number of hydrogen-bond donors (Lipinski definition) is 0. The quantitative estimate of drug-likeness (QED) is 0.851. The second-order valence-electron chi connectivity index (χ2n) is 6.15. The molecule has 0 N–H and O–H groups in total. The Hall–Kier alpha value is -2.41. The normalized spacial score (nSPS) is 26.2. The largest absolute Gasteiger partial charge is 0.497 e. The summed E-state index contributed by atoms with van der Waals surface area (Å²) < 4.78 is 15.6. The number of morpholine rings is 1. The second kappa shape index (κ2) is 6.24. The lowest BCUT2D eigenvalue weighted by Gasteiger charge is -2.31. The van der Waals surface area contributed by atoms with Gasteiger partial charge in [-0.05, 0) is 30.0 Å². The van der Waals surface area contributed by atoms with Gasteiger partial charge in [0.25, 0.3) is 0 Å². The van der Waals surface area contributed by atoms with Crippen LogP contribution in [0.15, 0.2) is 35.2 Å². The summed E-state index contributed by atoms with van der Waals surface area (Å²) in [5.74, 6) is 1.87. The van der Waals surface area contributed by atoms with Gasteiger partial charge in [-0.15, -0.1) is 0 Å². The van der Waals surface area contributed by atoms with Gasteiger partial charge in [-0.1, -0.05) is 17.3 Å². The van der Waals surface area contributed by atoms with Crippen molar-refractivity contribution in [2.24, 2.45) is 5.92 Å². The Morgan fingerprint density at radius 2 is 2.17 bits per heavy atom. The molecule has 1 unspecified atom stereocenters. The Morgan fingerprint density at radius 3 is 2.88 bits per heavy atom. The highest BCUT2D eigenvalue weighted by atomic mass is 16.5. The topological polar surface area (TPSA) is 77.7 Å². The van der Waals surface area contributed by atoms with E-state index in [1.165, 1.54) is 12.0 Å². The van der Waals surface area contributed by atoms with Crippen molar-refractivity contribution in [3.05, 3.63) is 42.0 Å². The number of hydrogen-bond acceptors (Lipinski definition) is 6. The molecule has 1 aromatic heterocycles. The molecule has 2 fully saturated rings. The number of carbonyl (C=O) groups excluding carboxylic acids is 1. The lowest BCUT2D eigenvalue weighted by atomic mass is 10.1. The number of ether oxygens (including phenoxy) is 2. The highest BCUT2D eigenvalue weighted by Crippen LogP contribution is 2.49. The van der Waals surface area contributed by atoms with Crippen molar-refractivity contribution in [3.63, 3.8) is 0 Å². The first-order valence-electron chi connectivity index (χ1n) is 8.07. The van der Waals surface area contributed by atoms with Crippen LogP contribution < -0.4 is 4.74 Å². The molecule has 7 heteroatoms. The molecule has 1 amide bonds. The smallest absolute Gasteiger partial charge is 0.226 e. The average molecular weight is 329 g/mol. The van der Waals surface area contributed by atoms with Crippen LogP contribution in [-0.2, 0) is 9.53 Å². The number of carbonyl (C=O) groups is 1. The Labute approximate surface area is 139 Å². The third-order valence-corrected chi connectivity index (χ3v) is 4.70. The molecule has 3 atom stereocenters. The second-order valence-corrected chi connectivity index (χ2v) is 6.15. The minimum Gasteiger partial charge on any atom is -0.497 e. The number of aromatic nitrogens is 2. The van der Waals surface area contributed by atoms with E-state index in [0.717, 1.165) is 12.2 Å². The van der Waals surface area contributed by atoms with Gasteiger partial charge in [0.15, 0.2) is 0 Å². The summed E-state index contributed by atoms with van der Waals surface area (Å²) in [7, 11) is 1.65. The van der Waals surface area contributed by atoms with Gasteiger partial charge in [-0.25, -0.2) is 0 Å². The van der Waals surface area contributed by atoms with E-state index in [4.69, 9.17) is 14.0 Å². The van der Waals surface area contributed by atoms with E-state index in [9.17, 15) is 4.79 Å². The van der Waals surface area contributed by atoms with Crippen molar-refractivity contribution in [2.45, 2.75) is 18.4 Å². The predicted octanol–water partition coefficient (Wildman–Crippen LogP) is 1.78. The van der Waals surface area contributed by atoms with E-state index in [-0.39, 0.29) is 17.9 Å². The van der Waals surface area contributed by atoms with Crippen LogP contribution in [0, 0.1) is 5.92 Å². The fourth-order valence-corrected chi connectivity index (χ4v) is 3.25. The Bertz CT molecular complexity index is 701. The van der Waals surface area contributed by atoms with Gasteiger partial charge < -0.3 is 18.9 Å². The van der Waals surface area contributed by atoms with Crippen LogP contribution in [-0.4, -0.2) is 47.8 Å². The van der Waals surface area contributed by atoms with E-state index in [0.29, 0.717) is 31.4 Å². The van der Waals surface area contributed by atoms with E-state index in [1.807, 2.05) is 29.2 Å². The highest BCUT2D eigenvalue weighted by Gasteiger charge is 2.46. The van der Waals surface area contributed by atoms with Gasteiger partial charge >= 0.3 is 0 Å². The van der Waals surface area contributed by atoms with Gasteiger partial charge in [0, 0.05) is 12.5 Å². The first-order valence-corrected chi connectivity index (χ1v) is 8.07. The number of nitrogens with zero attached hydrogens (tertiary/aromatic N) is 3. The van der Waals surface area contributed by atoms with E-state index in [1.54, 1.807) is 7.11 Å². The molecule has 0 bridgehead atoms. The zero-order valence-electron chi connectivity index (χ0n) is 13.4. The standard InChI is InChI=1S/C17H19N3O4/c1-22-12-4-2-11(3-5-12)13-8-14(13)17(21)20-6-7-23-15(9-20)16-18-10-24-19-16/h2-5,10,13-15H,6-9H2,1H3/t13-,14+,15?/m0/s1. The maximum atomic E-state index is 12.8. The zero-order valence-corrected chi connectivity index (χ0v) is 13.4. The van der Waals surface area contributed by atoms with Gasteiger partial charge in [0.1, 0.15) is 11.9 Å². The molecule has 1 aromatic carbocycles. The van der Waals surface area contributed by atoms with Crippen molar-refractivity contribution in [2.75, 3.05) is 26.8 Å². The molecule has 1 saturated carbocycles. The molecule has 2 aliphatic rings. The number of rotatable bonds is 4. The van der Waals surface area contributed by atoms with Gasteiger partial charge in [-0.2, -0.15) is 4.98 Å². The first kappa shape index (κ1) is 15.1. The molecule has 1 saturated heterocycles. The monoisotopic (exact) mass is 329 g/mol. The van der Waals surface area contributed by atoms with E-state index < -0.39 is 0 Å². The van der Waals surface area contributed by atoms with Crippen LogP contribution in [0.2, 0.25) is 0 Å². The van der Waals surface area contributed by atoms with Gasteiger partial charge in [-0.3, -0.25) is 4.79 Å². The van der Waals surface area contributed by atoms with Crippen molar-refractivity contribution in [3.8, 4) is 5.75 Å². The van der Waals surface area contributed by atoms with Gasteiger partial charge in [0.2, 0.25) is 18.1 Å². The molecular weight excluding hydrogens is 310 g/mol. The Balaban J connectivity index is 1.39. The van der Waals surface area contributed by atoms with Crippen LogP contribution in [0.4, 0.5) is 0 Å². The first-order chi connectivity index (χ1) is 11.8. The Kier molecular flexibility index (Phi) is 3.93. The summed E-state index contributed by atoms with van der Waals surface area (Å²) in [5.41, 5.74) is 1.19. The average Bonchev–Trinajstić information content (AvgIpc) is 3.25. The molecule has 0 radical (unpaired) electrons. The number of benzene rings is 1. The third-order valence-electron chi connectivity index (χ3n) is 4.70. The fourth-order valence-electron chi connectivity index (χ4n) is 3.25. The van der Waals surface area contributed by atoms with Gasteiger partial charge in [0.05, 0.1) is 20.3 Å². The molecule has 24 heavy (non-hydrogen) atoms. The van der Waals surface area contributed by atoms with E-state index in [2.05, 4.69) is 10.1 Å². The summed E-state index contributed by atoms with van der Waals surface area (Å²) in [5, 5.41) is 3.81. The SMILES string of the molecule is COc1ccc([C@@H]2C[C@H]2C(=O)N2CCOC(c3ncon3)C2)cc1.